The maximum atomic E-state index is 12.0. The third-order valence-corrected chi connectivity index (χ3v) is 2.60. The van der Waals surface area contributed by atoms with Gasteiger partial charge in [0.2, 0.25) is 5.75 Å². The van der Waals surface area contributed by atoms with Gasteiger partial charge in [0.1, 0.15) is 12.4 Å². The highest BCUT2D eigenvalue weighted by atomic mass is 16.5. The molecule has 0 atom stereocenters. The molecule has 0 spiro atoms. The Labute approximate surface area is 121 Å². The predicted molar refractivity (Wildman–Crippen MR) is 76.9 cm³/mol. The molecule has 0 aliphatic rings. The van der Waals surface area contributed by atoms with Crippen molar-refractivity contribution < 1.29 is 24.5 Å². The number of esters is 1. The molecule has 0 aromatic heterocycles. The normalized spacial score (nSPS) is 9.90. The number of hydrogen-bond donors (Lipinski definition) is 2. The monoisotopic (exact) mass is 286 g/mol. The van der Waals surface area contributed by atoms with Crippen molar-refractivity contribution in [3.05, 3.63) is 60.7 Å². The highest BCUT2D eigenvalue weighted by Crippen LogP contribution is 2.36. The van der Waals surface area contributed by atoms with Crippen LogP contribution in [0.4, 0.5) is 0 Å². The van der Waals surface area contributed by atoms with E-state index in [2.05, 4.69) is 6.58 Å². The molecule has 0 heterocycles. The van der Waals surface area contributed by atoms with Gasteiger partial charge in [0, 0.05) is 0 Å². The predicted octanol–water partition coefficient (Wildman–Crippen LogP) is 2.88. The average molecular weight is 286 g/mol. The second kappa shape index (κ2) is 6.47. The van der Waals surface area contributed by atoms with Gasteiger partial charge in [-0.25, -0.2) is 4.79 Å². The smallest absolute Gasteiger partial charge is 0.343 e. The average Bonchev–Trinajstić information content (AvgIpc) is 2.49. The maximum absolute atomic E-state index is 12.0. The summed E-state index contributed by atoms with van der Waals surface area (Å²) in [5, 5.41) is 19.3. The lowest BCUT2D eigenvalue weighted by Gasteiger charge is -2.10. The lowest BCUT2D eigenvalue weighted by molar-refractivity contribution is 0.0733. The zero-order chi connectivity index (χ0) is 15.2. The van der Waals surface area contributed by atoms with Gasteiger partial charge in [-0.2, -0.15) is 0 Å². The summed E-state index contributed by atoms with van der Waals surface area (Å²) in [4.78, 5) is 12.0. The van der Waals surface area contributed by atoms with E-state index in [1.165, 1.54) is 12.1 Å². The van der Waals surface area contributed by atoms with Crippen molar-refractivity contribution in [1.82, 2.24) is 0 Å². The molecule has 2 aromatic rings. The molecular weight excluding hydrogens is 272 g/mol. The molecule has 0 saturated carbocycles. The van der Waals surface area contributed by atoms with Gasteiger partial charge in [-0.1, -0.05) is 30.9 Å². The van der Waals surface area contributed by atoms with Crippen LogP contribution in [0.5, 0.6) is 23.0 Å². The van der Waals surface area contributed by atoms with Gasteiger partial charge < -0.3 is 19.7 Å². The molecule has 0 aliphatic carbocycles. The summed E-state index contributed by atoms with van der Waals surface area (Å²) in [5.41, 5.74) is 0.0632. The minimum absolute atomic E-state index is 0.0186. The van der Waals surface area contributed by atoms with Gasteiger partial charge in [0.15, 0.2) is 11.5 Å². The second-order valence-corrected chi connectivity index (χ2v) is 4.14. The topological polar surface area (TPSA) is 76.0 Å². The highest BCUT2D eigenvalue weighted by molar-refractivity contribution is 5.92. The van der Waals surface area contributed by atoms with Crippen molar-refractivity contribution in [2.24, 2.45) is 0 Å². The molecule has 0 bridgehead atoms. The third-order valence-electron chi connectivity index (χ3n) is 2.60. The number of rotatable bonds is 5. The van der Waals surface area contributed by atoms with Crippen LogP contribution in [0.1, 0.15) is 10.4 Å². The van der Waals surface area contributed by atoms with E-state index in [1.54, 1.807) is 30.3 Å². The third kappa shape index (κ3) is 3.54. The van der Waals surface area contributed by atoms with Gasteiger partial charge in [-0.3, -0.25) is 0 Å². The first-order chi connectivity index (χ1) is 10.1. The Bertz CT molecular complexity index is 649. The maximum Gasteiger partial charge on any atom is 0.343 e. The number of phenols is 2. The second-order valence-electron chi connectivity index (χ2n) is 4.14. The first kappa shape index (κ1) is 14.5. The number of hydrogen-bond acceptors (Lipinski definition) is 5. The fourth-order valence-electron chi connectivity index (χ4n) is 1.62. The molecule has 2 rings (SSSR count). The summed E-state index contributed by atoms with van der Waals surface area (Å²) in [5.74, 6) is -1.21. The molecule has 0 amide bonds. The summed E-state index contributed by atoms with van der Waals surface area (Å²) in [6.45, 7) is 3.61. The highest BCUT2D eigenvalue weighted by Gasteiger charge is 2.16. The minimum Gasteiger partial charge on any atom is -0.504 e. The van der Waals surface area contributed by atoms with Crippen LogP contribution in [0.2, 0.25) is 0 Å². The van der Waals surface area contributed by atoms with Crippen molar-refractivity contribution in [3.63, 3.8) is 0 Å². The molecule has 5 nitrogen and oxygen atoms in total. The van der Waals surface area contributed by atoms with Crippen LogP contribution in [-0.4, -0.2) is 22.8 Å². The van der Waals surface area contributed by atoms with Crippen LogP contribution in [0, 0.1) is 0 Å². The number of benzene rings is 2. The number of aromatic hydroxyl groups is 2. The van der Waals surface area contributed by atoms with Crippen molar-refractivity contribution in [2.45, 2.75) is 0 Å². The largest absolute Gasteiger partial charge is 0.504 e. The van der Waals surface area contributed by atoms with E-state index in [0.29, 0.717) is 5.75 Å². The Morgan fingerprint density at radius 1 is 1.19 bits per heavy atom. The number of carbonyl (C=O) groups excluding carboxylic acids is 1. The molecule has 21 heavy (non-hydrogen) atoms. The van der Waals surface area contributed by atoms with E-state index >= 15 is 0 Å². The zero-order valence-electron chi connectivity index (χ0n) is 11.2. The number of ether oxygens (including phenoxy) is 2. The van der Waals surface area contributed by atoms with E-state index in [4.69, 9.17) is 9.47 Å². The summed E-state index contributed by atoms with van der Waals surface area (Å²) in [7, 11) is 0. The molecule has 0 saturated heterocycles. The fourth-order valence-corrected chi connectivity index (χ4v) is 1.62. The number of carbonyl (C=O) groups is 1. The van der Waals surface area contributed by atoms with Crippen molar-refractivity contribution in [3.8, 4) is 23.0 Å². The number of phenolic OH excluding ortho intramolecular Hbond substituents is 2. The van der Waals surface area contributed by atoms with Gasteiger partial charge in [-0.05, 0) is 24.3 Å². The Kier molecular flexibility index (Phi) is 4.46. The lowest BCUT2D eigenvalue weighted by Crippen LogP contribution is -2.09. The van der Waals surface area contributed by atoms with Crippen molar-refractivity contribution >= 4 is 5.97 Å². The first-order valence-corrected chi connectivity index (χ1v) is 6.18. The van der Waals surface area contributed by atoms with E-state index in [1.807, 2.05) is 0 Å². The summed E-state index contributed by atoms with van der Waals surface area (Å²) < 4.78 is 10.3. The van der Waals surface area contributed by atoms with E-state index in [9.17, 15) is 15.0 Å². The van der Waals surface area contributed by atoms with E-state index in [0.717, 1.165) is 6.07 Å². The molecule has 0 aliphatic heterocycles. The molecule has 5 heteroatoms. The van der Waals surface area contributed by atoms with Crippen LogP contribution in [0.15, 0.2) is 55.1 Å². The van der Waals surface area contributed by atoms with Crippen molar-refractivity contribution in [1.29, 1.82) is 0 Å². The molecule has 0 unspecified atom stereocenters. The quantitative estimate of drug-likeness (QED) is 0.382. The molecule has 108 valence electrons. The minimum atomic E-state index is -0.667. The van der Waals surface area contributed by atoms with Crippen LogP contribution < -0.4 is 9.47 Å². The molecule has 2 aromatic carbocycles. The molecular formula is C16H14O5. The summed E-state index contributed by atoms with van der Waals surface area (Å²) in [6.07, 6.45) is 1.48. The Balaban J connectivity index is 2.24. The first-order valence-electron chi connectivity index (χ1n) is 6.18. The Morgan fingerprint density at radius 2 is 1.90 bits per heavy atom. The zero-order valence-corrected chi connectivity index (χ0v) is 11.2. The number of para-hydroxylation sites is 1. The van der Waals surface area contributed by atoms with E-state index < -0.39 is 17.5 Å². The van der Waals surface area contributed by atoms with Crippen LogP contribution >= 0.6 is 0 Å². The molecule has 2 N–H and O–H groups in total. The van der Waals surface area contributed by atoms with Gasteiger partial charge >= 0.3 is 5.97 Å². The van der Waals surface area contributed by atoms with E-state index in [-0.39, 0.29) is 17.9 Å². The van der Waals surface area contributed by atoms with Crippen LogP contribution in [0.3, 0.4) is 0 Å². The standard InChI is InChI=1S/C16H14O5/c1-2-8-20-14-10-11(9-13(17)15(14)18)16(19)21-12-6-4-3-5-7-12/h2-7,9-10,17-18H,1,8H2. The van der Waals surface area contributed by atoms with Gasteiger partial charge in [0.05, 0.1) is 5.56 Å². The van der Waals surface area contributed by atoms with Crippen LogP contribution in [-0.2, 0) is 0 Å². The lowest BCUT2D eigenvalue weighted by atomic mass is 10.2. The Hall–Kier alpha value is -2.95. The fraction of sp³-hybridized carbons (Fsp3) is 0.0625. The SMILES string of the molecule is C=CCOc1cc(C(=O)Oc2ccccc2)cc(O)c1O. The summed E-state index contributed by atoms with van der Waals surface area (Å²) in [6, 6.07) is 10.9. The van der Waals surface area contributed by atoms with Crippen LogP contribution in [0.25, 0.3) is 0 Å². The molecule has 0 radical (unpaired) electrons. The Morgan fingerprint density at radius 3 is 2.57 bits per heavy atom. The molecule has 0 fully saturated rings. The van der Waals surface area contributed by atoms with Crippen molar-refractivity contribution in [2.75, 3.05) is 6.61 Å². The summed E-state index contributed by atoms with van der Waals surface area (Å²) >= 11 is 0. The van der Waals surface area contributed by atoms with Gasteiger partial charge in [0.25, 0.3) is 0 Å². The van der Waals surface area contributed by atoms with Gasteiger partial charge in [-0.15, -0.1) is 0 Å².